The van der Waals surface area contributed by atoms with Crippen molar-refractivity contribution >= 4 is 35.6 Å². The predicted octanol–water partition coefficient (Wildman–Crippen LogP) is 4.36. The highest BCUT2D eigenvalue weighted by molar-refractivity contribution is 6.30. The molecule has 0 aromatic heterocycles. The topological polar surface area (TPSA) is 55.1 Å². The van der Waals surface area contributed by atoms with Gasteiger partial charge in [-0.1, -0.05) is 43.6 Å². The summed E-state index contributed by atoms with van der Waals surface area (Å²) in [5.74, 6) is -0.105. The van der Waals surface area contributed by atoms with Gasteiger partial charge in [0.15, 0.2) is 0 Å². The summed E-state index contributed by atoms with van der Waals surface area (Å²) < 4.78 is 0. The van der Waals surface area contributed by atoms with Crippen molar-refractivity contribution in [2.75, 3.05) is 12.3 Å². The van der Waals surface area contributed by atoms with Crippen LogP contribution in [0.4, 0.5) is 5.69 Å². The molecular weight excluding hydrogens is 331 g/mol. The van der Waals surface area contributed by atoms with Crippen LogP contribution in [-0.4, -0.2) is 12.5 Å². The molecule has 0 aliphatic carbocycles. The summed E-state index contributed by atoms with van der Waals surface area (Å²) in [7, 11) is 0. The van der Waals surface area contributed by atoms with Gasteiger partial charge in [-0.2, -0.15) is 0 Å². The second-order valence-electron chi connectivity index (χ2n) is 6.15. The second kappa shape index (κ2) is 7.71. The van der Waals surface area contributed by atoms with E-state index in [2.05, 4.69) is 19.2 Å². The number of rotatable bonds is 4. The zero-order chi connectivity index (χ0) is 16.3. The van der Waals surface area contributed by atoms with Gasteiger partial charge in [0.1, 0.15) is 0 Å². The Labute approximate surface area is 148 Å². The van der Waals surface area contributed by atoms with E-state index >= 15 is 0 Å². The predicted molar refractivity (Wildman–Crippen MR) is 99.7 cm³/mol. The number of hydrogen-bond acceptors (Lipinski definition) is 2. The Kier molecular flexibility index (Phi) is 6.48. The molecule has 124 valence electrons. The summed E-state index contributed by atoms with van der Waals surface area (Å²) >= 11 is 5.92. The Morgan fingerprint density at radius 1 is 1.17 bits per heavy atom. The third kappa shape index (κ3) is 4.88. The number of nitrogens with two attached hydrogens (primary N) is 1. The van der Waals surface area contributed by atoms with Gasteiger partial charge in [0.2, 0.25) is 0 Å². The number of carbonyl (C=O) groups excluding carboxylic acids is 1. The Bertz CT molecular complexity index is 682. The van der Waals surface area contributed by atoms with Crippen molar-refractivity contribution in [2.45, 2.75) is 26.2 Å². The monoisotopic (exact) mass is 352 g/mol. The van der Waals surface area contributed by atoms with Crippen molar-refractivity contribution in [3.05, 3.63) is 64.2 Å². The minimum atomic E-state index is -0.186. The molecule has 0 radical (unpaired) electrons. The van der Waals surface area contributed by atoms with Crippen LogP contribution in [0.1, 0.15) is 35.3 Å². The van der Waals surface area contributed by atoms with Crippen molar-refractivity contribution in [3.8, 4) is 0 Å². The SMILES string of the molecule is Cc1ccc(N)cc1C(=O)NCC(C)(C)c1ccc(Cl)cc1.Cl. The average Bonchev–Trinajstić information content (AvgIpc) is 2.48. The van der Waals surface area contributed by atoms with E-state index in [1.54, 1.807) is 12.1 Å². The first-order valence-corrected chi connectivity index (χ1v) is 7.58. The molecule has 0 fully saturated rings. The zero-order valence-electron chi connectivity index (χ0n) is 13.5. The molecular formula is C18H22Cl2N2O. The molecule has 0 aliphatic heterocycles. The lowest BCUT2D eigenvalue weighted by atomic mass is 9.84. The van der Waals surface area contributed by atoms with Crippen LogP contribution in [0, 0.1) is 6.92 Å². The highest BCUT2D eigenvalue weighted by Gasteiger charge is 2.22. The van der Waals surface area contributed by atoms with Crippen molar-refractivity contribution in [1.82, 2.24) is 5.32 Å². The molecule has 2 aromatic carbocycles. The fourth-order valence-corrected chi connectivity index (χ4v) is 2.41. The Hall–Kier alpha value is -1.71. The number of carbonyl (C=O) groups is 1. The first kappa shape index (κ1) is 19.3. The zero-order valence-corrected chi connectivity index (χ0v) is 15.1. The van der Waals surface area contributed by atoms with Gasteiger partial charge in [-0.25, -0.2) is 0 Å². The standard InChI is InChI=1S/C18H21ClN2O.ClH/c1-12-4-9-15(20)10-16(12)17(22)21-11-18(2,3)13-5-7-14(19)8-6-13;/h4-10H,11,20H2,1-3H3,(H,21,22);1H. The lowest BCUT2D eigenvalue weighted by molar-refractivity contribution is 0.0945. The van der Waals surface area contributed by atoms with Gasteiger partial charge in [-0.05, 0) is 42.3 Å². The van der Waals surface area contributed by atoms with Crippen molar-refractivity contribution in [2.24, 2.45) is 0 Å². The summed E-state index contributed by atoms with van der Waals surface area (Å²) in [5.41, 5.74) is 8.82. The number of hydrogen-bond donors (Lipinski definition) is 2. The third-order valence-corrected chi connectivity index (χ3v) is 4.07. The first-order valence-electron chi connectivity index (χ1n) is 7.20. The van der Waals surface area contributed by atoms with Crippen molar-refractivity contribution in [3.63, 3.8) is 0 Å². The lowest BCUT2D eigenvalue weighted by Crippen LogP contribution is -2.37. The van der Waals surface area contributed by atoms with Crippen LogP contribution >= 0.6 is 24.0 Å². The fourth-order valence-electron chi connectivity index (χ4n) is 2.28. The van der Waals surface area contributed by atoms with Gasteiger partial charge < -0.3 is 11.1 Å². The molecule has 0 spiro atoms. The second-order valence-corrected chi connectivity index (χ2v) is 6.58. The molecule has 3 N–H and O–H groups in total. The number of benzene rings is 2. The minimum absolute atomic E-state index is 0. The summed E-state index contributed by atoms with van der Waals surface area (Å²) in [6.07, 6.45) is 0. The lowest BCUT2D eigenvalue weighted by Gasteiger charge is -2.26. The van der Waals surface area contributed by atoms with Crippen LogP contribution in [0.15, 0.2) is 42.5 Å². The molecule has 0 heterocycles. The van der Waals surface area contributed by atoms with Gasteiger partial charge in [-0.3, -0.25) is 4.79 Å². The van der Waals surface area contributed by atoms with Gasteiger partial charge in [0, 0.05) is 28.2 Å². The molecule has 0 unspecified atom stereocenters. The number of nitrogens with one attached hydrogen (secondary N) is 1. The van der Waals surface area contributed by atoms with E-state index in [4.69, 9.17) is 17.3 Å². The summed E-state index contributed by atoms with van der Waals surface area (Å²) in [6, 6.07) is 13.1. The van der Waals surface area contributed by atoms with Gasteiger partial charge >= 0.3 is 0 Å². The van der Waals surface area contributed by atoms with Crippen molar-refractivity contribution in [1.29, 1.82) is 0 Å². The van der Waals surface area contributed by atoms with Crippen LogP contribution < -0.4 is 11.1 Å². The number of nitrogen functional groups attached to an aromatic ring is 1. The first-order chi connectivity index (χ1) is 10.3. The third-order valence-electron chi connectivity index (χ3n) is 3.82. The molecule has 2 aromatic rings. The molecule has 23 heavy (non-hydrogen) atoms. The Balaban J connectivity index is 0.00000264. The molecule has 0 saturated heterocycles. The van der Waals surface area contributed by atoms with Gasteiger partial charge in [0.25, 0.3) is 5.91 Å². The van der Waals surface area contributed by atoms with Crippen LogP contribution in [0.3, 0.4) is 0 Å². The Morgan fingerprint density at radius 3 is 2.39 bits per heavy atom. The fraction of sp³-hybridized carbons (Fsp3) is 0.278. The normalized spacial score (nSPS) is 10.8. The van der Waals surface area contributed by atoms with Crippen LogP contribution in [-0.2, 0) is 5.41 Å². The number of halogens is 2. The van der Waals surface area contributed by atoms with E-state index in [-0.39, 0.29) is 23.7 Å². The maximum Gasteiger partial charge on any atom is 0.251 e. The highest BCUT2D eigenvalue weighted by atomic mass is 35.5. The van der Waals surface area contributed by atoms with Crippen LogP contribution in [0.25, 0.3) is 0 Å². The molecule has 1 amide bonds. The molecule has 3 nitrogen and oxygen atoms in total. The van der Waals surface area contributed by atoms with E-state index in [9.17, 15) is 4.79 Å². The molecule has 2 rings (SSSR count). The molecule has 0 saturated carbocycles. The maximum atomic E-state index is 12.4. The molecule has 5 heteroatoms. The van der Waals surface area contributed by atoms with E-state index in [1.807, 2.05) is 37.3 Å². The van der Waals surface area contributed by atoms with Gasteiger partial charge in [-0.15, -0.1) is 12.4 Å². The molecule has 0 atom stereocenters. The number of anilines is 1. The number of amides is 1. The van der Waals surface area contributed by atoms with E-state index in [0.717, 1.165) is 11.1 Å². The number of aryl methyl sites for hydroxylation is 1. The summed E-state index contributed by atoms with van der Waals surface area (Å²) in [5, 5.41) is 3.70. The van der Waals surface area contributed by atoms with Crippen LogP contribution in [0.2, 0.25) is 5.02 Å². The average molecular weight is 353 g/mol. The summed E-state index contributed by atoms with van der Waals surface area (Å²) in [6.45, 7) is 6.60. The largest absolute Gasteiger partial charge is 0.399 e. The van der Waals surface area contributed by atoms with Gasteiger partial charge in [0.05, 0.1) is 0 Å². The van der Waals surface area contributed by atoms with Crippen molar-refractivity contribution < 1.29 is 4.79 Å². The van der Waals surface area contributed by atoms with Crippen LogP contribution in [0.5, 0.6) is 0 Å². The summed E-state index contributed by atoms with van der Waals surface area (Å²) in [4.78, 5) is 12.4. The van der Waals surface area contributed by atoms with E-state index in [1.165, 1.54) is 0 Å². The quantitative estimate of drug-likeness (QED) is 0.803. The Morgan fingerprint density at radius 2 is 1.78 bits per heavy atom. The van der Waals surface area contributed by atoms with E-state index in [0.29, 0.717) is 22.8 Å². The maximum absolute atomic E-state index is 12.4. The smallest absolute Gasteiger partial charge is 0.251 e. The minimum Gasteiger partial charge on any atom is -0.399 e. The highest BCUT2D eigenvalue weighted by Crippen LogP contribution is 2.24. The molecule has 0 aliphatic rings. The van der Waals surface area contributed by atoms with E-state index < -0.39 is 0 Å². The molecule has 0 bridgehead atoms.